The van der Waals surface area contributed by atoms with Crippen molar-refractivity contribution in [2.75, 3.05) is 0 Å². The van der Waals surface area contributed by atoms with E-state index >= 15 is 0 Å². The molecule has 0 aliphatic heterocycles. The molecule has 2 aromatic rings. The lowest BCUT2D eigenvalue weighted by Crippen LogP contribution is -2.22. The summed E-state index contributed by atoms with van der Waals surface area (Å²) in [5.74, 6) is 0. The molecule has 0 fully saturated rings. The highest BCUT2D eigenvalue weighted by Gasteiger charge is 2.09. The van der Waals surface area contributed by atoms with Crippen molar-refractivity contribution in [2.45, 2.75) is 19.9 Å². The van der Waals surface area contributed by atoms with Crippen LogP contribution in [0.3, 0.4) is 0 Å². The van der Waals surface area contributed by atoms with E-state index in [9.17, 15) is 4.79 Å². The molecule has 2 rings (SSSR count). The highest BCUT2D eigenvalue weighted by atomic mass is 79.9. The fraction of sp³-hybridized carbons (Fsp3) is 0.273. The maximum atomic E-state index is 12.0. The molecule has 0 saturated heterocycles. The van der Waals surface area contributed by atoms with Crippen LogP contribution in [0.5, 0.6) is 0 Å². The summed E-state index contributed by atoms with van der Waals surface area (Å²) in [6.45, 7) is 3.95. The second-order valence-electron chi connectivity index (χ2n) is 3.68. The standard InChI is InChI=1S/C11H11BrN2O/c1-7(2)14-6-9(12)8-4-3-5-13-10(8)11(14)15/h3-7H,1-2H3. The predicted octanol–water partition coefficient (Wildman–Crippen LogP) is 2.74. The van der Waals surface area contributed by atoms with E-state index in [1.54, 1.807) is 10.8 Å². The van der Waals surface area contributed by atoms with Gasteiger partial charge in [0.25, 0.3) is 5.56 Å². The molecular formula is C11H11BrN2O. The van der Waals surface area contributed by atoms with Crippen molar-refractivity contribution in [1.29, 1.82) is 0 Å². The van der Waals surface area contributed by atoms with E-state index in [1.165, 1.54) is 0 Å². The molecule has 0 N–H and O–H groups in total. The molecule has 0 radical (unpaired) electrons. The molecule has 0 aliphatic carbocycles. The second-order valence-corrected chi connectivity index (χ2v) is 4.54. The van der Waals surface area contributed by atoms with Gasteiger partial charge in [-0.15, -0.1) is 0 Å². The predicted molar refractivity (Wildman–Crippen MR) is 64.1 cm³/mol. The van der Waals surface area contributed by atoms with Crippen molar-refractivity contribution in [3.63, 3.8) is 0 Å². The summed E-state index contributed by atoms with van der Waals surface area (Å²) in [5, 5.41) is 0.861. The van der Waals surface area contributed by atoms with Gasteiger partial charge in [0.05, 0.1) is 0 Å². The Hall–Kier alpha value is -1.16. The lowest BCUT2D eigenvalue weighted by molar-refractivity contribution is 0.580. The van der Waals surface area contributed by atoms with E-state index < -0.39 is 0 Å². The molecule has 0 bridgehead atoms. The zero-order chi connectivity index (χ0) is 11.0. The first-order chi connectivity index (χ1) is 7.11. The lowest BCUT2D eigenvalue weighted by atomic mass is 10.2. The first-order valence-corrected chi connectivity index (χ1v) is 5.56. The summed E-state index contributed by atoms with van der Waals surface area (Å²) >= 11 is 3.45. The van der Waals surface area contributed by atoms with E-state index in [2.05, 4.69) is 20.9 Å². The number of hydrogen-bond donors (Lipinski definition) is 0. The number of fused-ring (bicyclic) bond motifs is 1. The van der Waals surface area contributed by atoms with Crippen LogP contribution in [0.25, 0.3) is 10.9 Å². The number of halogens is 1. The number of pyridine rings is 2. The van der Waals surface area contributed by atoms with Crippen molar-refractivity contribution < 1.29 is 0 Å². The molecule has 0 aliphatic rings. The minimum atomic E-state index is -0.0381. The van der Waals surface area contributed by atoms with Crippen LogP contribution in [0, 0.1) is 0 Å². The Bertz CT molecular complexity index is 560. The minimum Gasteiger partial charge on any atom is -0.310 e. The van der Waals surface area contributed by atoms with Crippen LogP contribution in [0.2, 0.25) is 0 Å². The van der Waals surface area contributed by atoms with E-state index in [0.717, 1.165) is 9.86 Å². The quantitative estimate of drug-likeness (QED) is 0.796. The van der Waals surface area contributed by atoms with Gasteiger partial charge in [0.2, 0.25) is 0 Å². The molecule has 3 nitrogen and oxygen atoms in total. The van der Waals surface area contributed by atoms with Gasteiger partial charge in [-0.05, 0) is 41.9 Å². The lowest BCUT2D eigenvalue weighted by Gasteiger charge is -2.11. The van der Waals surface area contributed by atoms with E-state index in [1.807, 2.05) is 32.2 Å². The molecule has 2 heterocycles. The van der Waals surface area contributed by atoms with Crippen LogP contribution >= 0.6 is 15.9 Å². The van der Waals surface area contributed by atoms with Crippen molar-refractivity contribution in [3.05, 3.63) is 39.4 Å². The molecule has 0 spiro atoms. The normalized spacial score (nSPS) is 11.2. The van der Waals surface area contributed by atoms with Crippen molar-refractivity contribution in [3.8, 4) is 0 Å². The third kappa shape index (κ3) is 1.69. The van der Waals surface area contributed by atoms with Crippen molar-refractivity contribution in [2.24, 2.45) is 0 Å². The molecule has 4 heteroatoms. The van der Waals surface area contributed by atoms with Gasteiger partial charge in [-0.3, -0.25) is 9.78 Å². The molecule has 0 saturated carbocycles. The Kier molecular flexibility index (Phi) is 2.61. The fourth-order valence-electron chi connectivity index (χ4n) is 1.52. The Morgan fingerprint density at radius 3 is 2.87 bits per heavy atom. The van der Waals surface area contributed by atoms with Crippen LogP contribution in [-0.4, -0.2) is 9.55 Å². The number of rotatable bonds is 1. The monoisotopic (exact) mass is 266 g/mol. The van der Waals surface area contributed by atoms with Crippen molar-refractivity contribution >= 4 is 26.8 Å². The molecule has 78 valence electrons. The first-order valence-electron chi connectivity index (χ1n) is 4.76. The van der Waals surface area contributed by atoms with Gasteiger partial charge in [-0.2, -0.15) is 0 Å². The second kappa shape index (κ2) is 3.77. The topological polar surface area (TPSA) is 34.9 Å². The molecule has 0 amide bonds. The van der Waals surface area contributed by atoms with E-state index in [4.69, 9.17) is 0 Å². The van der Waals surface area contributed by atoms with Gasteiger partial charge < -0.3 is 4.57 Å². The highest BCUT2D eigenvalue weighted by Crippen LogP contribution is 2.20. The minimum absolute atomic E-state index is 0.0381. The summed E-state index contributed by atoms with van der Waals surface area (Å²) < 4.78 is 2.58. The Morgan fingerprint density at radius 2 is 2.20 bits per heavy atom. The third-order valence-electron chi connectivity index (χ3n) is 2.31. The Morgan fingerprint density at radius 1 is 1.47 bits per heavy atom. The summed E-state index contributed by atoms with van der Waals surface area (Å²) in [6, 6.07) is 3.85. The first kappa shape index (κ1) is 10.4. The smallest absolute Gasteiger partial charge is 0.277 e. The van der Waals surface area contributed by atoms with Gasteiger partial charge in [0.15, 0.2) is 0 Å². The Labute approximate surface area is 95.9 Å². The van der Waals surface area contributed by atoms with Crippen LogP contribution in [0.15, 0.2) is 33.8 Å². The summed E-state index contributed by atoms with van der Waals surface area (Å²) in [5.41, 5.74) is 0.476. The number of hydrogen-bond acceptors (Lipinski definition) is 2. The molecule has 0 unspecified atom stereocenters. The van der Waals surface area contributed by atoms with Crippen molar-refractivity contribution in [1.82, 2.24) is 9.55 Å². The van der Waals surface area contributed by atoms with Crippen LogP contribution in [0.4, 0.5) is 0 Å². The summed E-state index contributed by atoms with van der Waals surface area (Å²) in [4.78, 5) is 16.1. The van der Waals surface area contributed by atoms with Crippen LogP contribution in [-0.2, 0) is 0 Å². The average molecular weight is 267 g/mol. The third-order valence-corrected chi connectivity index (χ3v) is 2.94. The number of aromatic nitrogens is 2. The van der Waals surface area contributed by atoms with Gasteiger partial charge >= 0.3 is 0 Å². The summed E-state index contributed by atoms with van der Waals surface area (Å²) in [6.07, 6.45) is 3.46. The molecule has 15 heavy (non-hydrogen) atoms. The van der Waals surface area contributed by atoms with Gasteiger partial charge in [0, 0.05) is 28.3 Å². The molecule has 2 aromatic heterocycles. The van der Waals surface area contributed by atoms with Gasteiger partial charge in [0.1, 0.15) is 5.52 Å². The fourth-order valence-corrected chi connectivity index (χ4v) is 2.07. The maximum Gasteiger partial charge on any atom is 0.277 e. The van der Waals surface area contributed by atoms with Gasteiger partial charge in [-0.25, -0.2) is 0 Å². The average Bonchev–Trinajstić information content (AvgIpc) is 2.23. The molecular weight excluding hydrogens is 256 g/mol. The number of nitrogens with zero attached hydrogens (tertiary/aromatic N) is 2. The van der Waals surface area contributed by atoms with Crippen LogP contribution in [0.1, 0.15) is 19.9 Å². The van der Waals surface area contributed by atoms with Gasteiger partial charge in [-0.1, -0.05) is 0 Å². The molecule has 0 atom stereocenters. The van der Waals surface area contributed by atoms with E-state index in [-0.39, 0.29) is 11.6 Å². The largest absolute Gasteiger partial charge is 0.310 e. The summed E-state index contributed by atoms with van der Waals surface area (Å²) in [7, 11) is 0. The zero-order valence-corrected chi connectivity index (χ0v) is 10.2. The van der Waals surface area contributed by atoms with E-state index in [0.29, 0.717) is 5.52 Å². The highest BCUT2D eigenvalue weighted by molar-refractivity contribution is 9.10. The zero-order valence-electron chi connectivity index (χ0n) is 8.57. The van der Waals surface area contributed by atoms with Crippen LogP contribution < -0.4 is 5.56 Å². The Balaban J connectivity index is 2.91. The SMILES string of the molecule is CC(C)n1cc(Br)c2cccnc2c1=O. The molecule has 0 aromatic carbocycles. The maximum absolute atomic E-state index is 12.0.